The maximum atomic E-state index is 12.4. The smallest absolute Gasteiger partial charge is 0.319 e. The Kier molecular flexibility index (Phi) is 4.58. The summed E-state index contributed by atoms with van der Waals surface area (Å²) in [5, 5.41) is 3.68. The van der Waals surface area contributed by atoms with E-state index in [4.69, 9.17) is 23.2 Å². The molecule has 0 spiro atoms. The molecule has 0 unspecified atom stereocenters. The average Bonchev–Trinajstić information content (AvgIpc) is 2.35. The number of carbonyl (C=O) groups is 1. The number of hydrogen-bond acceptors (Lipinski definition) is 1. The number of hydrogen-bond donors (Lipinski definition) is 1. The molecule has 1 heterocycles. The molecule has 1 saturated heterocycles. The molecule has 1 aliphatic rings. The molecule has 1 aromatic rings. The van der Waals surface area contributed by atoms with Gasteiger partial charge in [-0.1, -0.05) is 29.3 Å². The monoisotopic (exact) mass is 300 g/mol. The van der Waals surface area contributed by atoms with Crippen LogP contribution in [0, 0.1) is 0 Å². The molecule has 19 heavy (non-hydrogen) atoms. The highest BCUT2D eigenvalue weighted by atomic mass is 35.5. The minimum atomic E-state index is -0.108. The van der Waals surface area contributed by atoms with Crippen molar-refractivity contribution in [2.24, 2.45) is 0 Å². The Bertz CT molecular complexity index is 469. The van der Waals surface area contributed by atoms with Gasteiger partial charge in [-0.2, -0.15) is 0 Å². The van der Waals surface area contributed by atoms with Gasteiger partial charge in [0, 0.05) is 12.1 Å². The van der Waals surface area contributed by atoms with Crippen molar-refractivity contribution in [3.05, 3.63) is 28.2 Å². The summed E-state index contributed by atoms with van der Waals surface area (Å²) in [6.45, 7) is 4.16. The second-order valence-corrected chi connectivity index (χ2v) is 5.85. The van der Waals surface area contributed by atoms with Crippen molar-refractivity contribution >= 4 is 34.9 Å². The van der Waals surface area contributed by atoms with Gasteiger partial charge in [0.2, 0.25) is 0 Å². The Labute approximate surface area is 123 Å². The number of halogens is 2. The number of anilines is 1. The molecule has 1 N–H and O–H groups in total. The molecular formula is C14H18Cl2N2O. The summed E-state index contributed by atoms with van der Waals surface area (Å²) in [6, 6.07) is 5.62. The predicted molar refractivity (Wildman–Crippen MR) is 80.1 cm³/mol. The SMILES string of the molecule is C[C@@H]1CCC[C@H](C)N1C(=O)Nc1cccc(Cl)c1Cl. The van der Waals surface area contributed by atoms with E-state index in [1.165, 1.54) is 6.42 Å². The summed E-state index contributed by atoms with van der Waals surface area (Å²) in [6.07, 6.45) is 3.26. The lowest BCUT2D eigenvalue weighted by molar-refractivity contribution is 0.133. The standard InChI is InChI=1S/C14H18Cl2N2O/c1-9-5-3-6-10(2)18(9)14(19)17-12-8-4-7-11(15)13(12)16/h4,7-10H,3,5-6H2,1-2H3,(H,17,19)/t9-,10+. The Balaban J connectivity index is 2.14. The molecule has 0 aliphatic carbocycles. The van der Waals surface area contributed by atoms with Crippen LogP contribution in [0.4, 0.5) is 10.5 Å². The lowest BCUT2D eigenvalue weighted by Gasteiger charge is -2.38. The van der Waals surface area contributed by atoms with Crippen LogP contribution in [0.25, 0.3) is 0 Å². The summed E-state index contributed by atoms with van der Waals surface area (Å²) in [5.74, 6) is 0. The van der Waals surface area contributed by atoms with E-state index in [0.29, 0.717) is 15.7 Å². The van der Waals surface area contributed by atoms with Crippen molar-refractivity contribution < 1.29 is 4.79 Å². The van der Waals surface area contributed by atoms with Gasteiger partial charge in [-0.25, -0.2) is 4.79 Å². The third-order valence-electron chi connectivity index (χ3n) is 3.62. The van der Waals surface area contributed by atoms with Gasteiger partial charge >= 0.3 is 6.03 Å². The van der Waals surface area contributed by atoms with Gasteiger partial charge in [0.15, 0.2) is 0 Å². The molecule has 3 nitrogen and oxygen atoms in total. The van der Waals surface area contributed by atoms with Crippen molar-refractivity contribution in [1.82, 2.24) is 4.90 Å². The molecule has 0 radical (unpaired) electrons. The molecule has 0 saturated carbocycles. The quantitative estimate of drug-likeness (QED) is 0.794. The molecule has 0 aromatic heterocycles. The third kappa shape index (κ3) is 3.15. The van der Waals surface area contributed by atoms with E-state index in [2.05, 4.69) is 19.2 Å². The largest absolute Gasteiger partial charge is 0.322 e. The number of piperidine rings is 1. The van der Waals surface area contributed by atoms with E-state index in [-0.39, 0.29) is 18.1 Å². The summed E-state index contributed by atoms with van der Waals surface area (Å²) in [4.78, 5) is 14.3. The minimum absolute atomic E-state index is 0.108. The lowest BCUT2D eigenvalue weighted by Crippen LogP contribution is -2.49. The first kappa shape index (κ1) is 14.5. The van der Waals surface area contributed by atoms with Gasteiger partial charge in [0.25, 0.3) is 0 Å². The summed E-state index contributed by atoms with van der Waals surface area (Å²) < 4.78 is 0. The predicted octanol–water partition coefficient (Wildman–Crippen LogP) is 4.79. The topological polar surface area (TPSA) is 32.3 Å². The summed E-state index contributed by atoms with van der Waals surface area (Å²) in [5.41, 5.74) is 0.559. The van der Waals surface area contributed by atoms with E-state index in [9.17, 15) is 4.79 Å². The number of urea groups is 1. The first-order chi connectivity index (χ1) is 9.00. The van der Waals surface area contributed by atoms with Crippen molar-refractivity contribution in [2.45, 2.75) is 45.2 Å². The van der Waals surface area contributed by atoms with Crippen LogP contribution in [0.15, 0.2) is 18.2 Å². The summed E-state index contributed by atoms with van der Waals surface area (Å²) in [7, 11) is 0. The van der Waals surface area contributed by atoms with Crippen LogP contribution in [0.1, 0.15) is 33.1 Å². The van der Waals surface area contributed by atoms with E-state index in [1.807, 2.05) is 4.90 Å². The zero-order valence-electron chi connectivity index (χ0n) is 11.1. The molecule has 0 bridgehead atoms. The average molecular weight is 301 g/mol. The number of carbonyl (C=O) groups excluding carboxylic acids is 1. The van der Waals surface area contributed by atoms with Crippen LogP contribution in [0.2, 0.25) is 10.0 Å². The Morgan fingerprint density at radius 3 is 2.53 bits per heavy atom. The van der Waals surface area contributed by atoms with Crippen LogP contribution < -0.4 is 5.32 Å². The van der Waals surface area contributed by atoms with Crippen LogP contribution >= 0.6 is 23.2 Å². The van der Waals surface area contributed by atoms with Crippen LogP contribution in [-0.2, 0) is 0 Å². The normalized spacial score (nSPS) is 23.3. The highest BCUT2D eigenvalue weighted by molar-refractivity contribution is 6.43. The number of nitrogens with zero attached hydrogens (tertiary/aromatic N) is 1. The highest BCUT2D eigenvalue weighted by Gasteiger charge is 2.29. The lowest BCUT2D eigenvalue weighted by atomic mass is 9.98. The fraction of sp³-hybridized carbons (Fsp3) is 0.500. The maximum absolute atomic E-state index is 12.4. The van der Waals surface area contributed by atoms with Crippen molar-refractivity contribution in [2.75, 3.05) is 5.32 Å². The zero-order chi connectivity index (χ0) is 14.0. The fourth-order valence-electron chi connectivity index (χ4n) is 2.60. The van der Waals surface area contributed by atoms with E-state index in [0.717, 1.165) is 12.8 Å². The van der Waals surface area contributed by atoms with Crippen molar-refractivity contribution in [3.63, 3.8) is 0 Å². The number of nitrogens with one attached hydrogen (secondary N) is 1. The first-order valence-electron chi connectivity index (χ1n) is 6.54. The zero-order valence-corrected chi connectivity index (χ0v) is 12.6. The minimum Gasteiger partial charge on any atom is -0.319 e. The number of benzene rings is 1. The fourth-order valence-corrected chi connectivity index (χ4v) is 2.95. The molecule has 5 heteroatoms. The van der Waals surface area contributed by atoms with E-state index < -0.39 is 0 Å². The number of likely N-dealkylation sites (tertiary alicyclic amines) is 1. The van der Waals surface area contributed by atoms with Gasteiger partial charge in [0.1, 0.15) is 0 Å². The first-order valence-corrected chi connectivity index (χ1v) is 7.29. The molecule has 1 aliphatic heterocycles. The maximum Gasteiger partial charge on any atom is 0.322 e. The van der Waals surface area contributed by atoms with Gasteiger partial charge in [-0.15, -0.1) is 0 Å². The second-order valence-electron chi connectivity index (χ2n) is 5.07. The Hall–Kier alpha value is -0.930. The molecule has 1 fully saturated rings. The van der Waals surface area contributed by atoms with Gasteiger partial charge in [-0.05, 0) is 45.2 Å². The molecule has 104 valence electrons. The summed E-state index contributed by atoms with van der Waals surface area (Å²) >= 11 is 12.0. The van der Waals surface area contributed by atoms with Gasteiger partial charge in [0.05, 0.1) is 15.7 Å². The highest BCUT2D eigenvalue weighted by Crippen LogP contribution is 2.30. The van der Waals surface area contributed by atoms with Gasteiger partial charge in [-0.3, -0.25) is 0 Å². The molecule has 2 atom stereocenters. The van der Waals surface area contributed by atoms with Gasteiger partial charge < -0.3 is 10.2 Å². The Morgan fingerprint density at radius 1 is 1.26 bits per heavy atom. The van der Waals surface area contributed by atoms with Crippen LogP contribution in [-0.4, -0.2) is 23.0 Å². The van der Waals surface area contributed by atoms with E-state index in [1.54, 1.807) is 18.2 Å². The molecule has 1 aromatic carbocycles. The second kappa shape index (κ2) is 6.02. The number of rotatable bonds is 1. The third-order valence-corrected chi connectivity index (χ3v) is 4.44. The van der Waals surface area contributed by atoms with Crippen LogP contribution in [0.3, 0.4) is 0 Å². The van der Waals surface area contributed by atoms with Crippen LogP contribution in [0.5, 0.6) is 0 Å². The molecular weight excluding hydrogens is 283 g/mol. The van der Waals surface area contributed by atoms with Crippen molar-refractivity contribution in [3.8, 4) is 0 Å². The van der Waals surface area contributed by atoms with E-state index >= 15 is 0 Å². The van der Waals surface area contributed by atoms with Crippen molar-refractivity contribution in [1.29, 1.82) is 0 Å². The number of amides is 2. The Morgan fingerprint density at radius 2 is 1.89 bits per heavy atom. The molecule has 2 rings (SSSR count). The molecule has 2 amide bonds.